The van der Waals surface area contributed by atoms with Gasteiger partial charge in [0.15, 0.2) is 0 Å². The summed E-state index contributed by atoms with van der Waals surface area (Å²) >= 11 is 0. The lowest BCUT2D eigenvalue weighted by molar-refractivity contribution is 0.0218. The van der Waals surface area contributed by atoms with Crippen LogP contribution in [-0.4, -0.2) is 52.2 Å². The number of hydrogen-bond donors (Lipinski definition) is 0. The van der Waals surface area contributed by atoms with Crippen molar-refractivity contribution in [3.05, 3.63) is 17.6 Å². The van der Waals surface area contributed by atoms with E-state index in [1.54, 1.807) is 4.90 Å². The fourth-order valence-electron chi connectivity index (χ4n) is 2.73. The molecule has 6 nitrogen and oxygen atoms in total. The highest BCUT2D eigenvalue weighted by Crippen LogP contribution is 2.21. The summed E-state index contributed by atoms with van der Waals surface area (Å²) in [6.07, 6.45) is 0.653. The lowest BCUT2D eigenvalue weighted by Crippen LogP contribution is -2.54. The first-order valence-electron chi connectivity index (χ1n) is 8.28. The molecule has 0 N–H and O–H groups in total. The van der Waals surface area contributed by atoms with Gasteiger partial charge in [0.2, 0.25) is 0 Å². The van der Waals surface area contributed by atoms with Crippen molar-refractivity contribution in [1.29, 1.82) is 0 Å². The molecule has 6 heteroatoms. The summed E-state index contributed by atoms with van der Waals surface area (Å²) in [5.74, 6) is 1.74. The number of nitrogens with zero attached hydrogens (tertiary/aromatic N) is 4. The van der Waals surface area contributed by atoms with E-state index < -0.39 is 5.60 Å². The molecule has 1 saturated heterocycles. The minimum absolute atomic E-state index is 0.190. The van der Waals surface area contributed by atoms with Crippen LogP contribution in [0.15, 0.2) is 6.07 Å². The van der Waals surface area contributed by atoms with Gasteiger partial charge in [0.1, 0.15) is 17.2 Å². The first-order valence-corrected chi connectivity index (χ1v) is 8.28. The van der Waals surface area contributed by atoms with E-state index in [1.165, 1.54) is 0 Å². The molecule has 0 radical (unpaired) electrons. The second kappa shape index (κ2) is 6.72. The standard InChI is InChI=1S/C17H28N4O2/c1-7-14-10-15(19-13(3)18-14)21-9-8-20(11-12(21)2)16(22)23-17(4,5)6/h10,12H,7-9,11H2,1-6H3/t12-/m1/s1. The van der Waals surface area contributed by atoms with Crippen LogP contribution in [0.1, 0.15) is 46.1 Å². The first-order chi connectivity index (χ1) is 10.7. The third-order valence-electron chi connectivity index (χ3n) is 3.81. The van der Waals surface area contributed by atoms with Gasteiger partial charge in [-0.1, -0.05) is 6.92 Å². The van der Waals surface area contributed by atoms with Crippen LogP contribution in [0.2, 0.25) is 0 Å². The fraction of sp³-hybridized carbons (Fsp3) is 0.706. The summed E-state index contributed by atoms with van der Waals surface area (Å²) < 4.78 is 5.46. The molecule has 0 aliphatic carbocycles. The number of rotatable bonds is 2. The van der Waals surface area contributed by atoms with Gasteiger partial charge in [-0.05, 0) is 41.0 Å². The minimum Gasteiger partial charge on any atom is -0.444 e. The summed E-state index contributed by atoms with van der Waals surface area (Å²) in [5, 5.41) is 0. The van der Waals surface area contributed by atoms with Crippen LogP contribution in [0.4, 0.5) is 10.6 Å². The van der Waals surface area contributed by atoms with E-state index in [9.17, 15) is 4.79 Å². The highest BCUT2D eigenvalue weighted by Gasteiger charge is 2.30. The lowest BCUT2D eigenvalue weighted by atomic mass is 10.2. The molecule has 0 saturated carbocycles. The summed E-state index contributed by atoms with van der Waals surface area (Å²) in [6.45, 7) is 13.8. The monoisotopic (exact) mass is 320 g/mol. The number of piperazine rings is 1. The van der Waals surface area contributed by atoms with Crippen molar-refractivity contribution in [2.24, 2.45) is 0 Å². The molecule has 1 fully saturated rings. The van der Waals surface area contributed by atoms with Gasteiger partial charge in [-0.25, -0.2) is 14.8 Å². The predicted molar refractivity (Wildman–Crippen MR) is 90.8 cm³/mol. The largest absolute Gasteiger partial charge is 0.444 e. The highest BCUT2D eigenvalue weighted by atomic mass is 16.6. The Kier molecular flexibility index (Phi) is 5.12. The molecule has 128 valence electrons. The Labute approximate surface area is 138 Å². The van der Waals surface area contributed by atoms with Crippen LogP contribution >= 0.6 is 0 Å². The fourth-order valence-corrected chi connectivity index (χ4v) is 2.73. The Bertz CT molecular complexity index is 568. The third-order valence-corrected chi connectivity index (χ3v) is 3.81. The van der Waals surface area contributed by atoms with Crippen molar-refractivity contribution >= 4 is 11.9 Å². The number of carbonyl (C=O) groups excluding carboxylic acids is 1. The molecule has 2 rings (SSSR count). The number of hydrogen-bond acceptors (Lipinski definition) is 5. The molecule has 0 bridgehead atoms. The lowest BCUT2D eigenvalue weighted by Gasteiger charge is -2.40. The molecule has 1 aliphatic heterocycles. The van der Waals surface area contributed by atoms with Crippen LogP contribution in [0.5, 0.6) is 0 Å². The Balaban J connectivity index is 2.07. The Morgan fingerprint density at radius 2 is 2.04 bits per heavy atom. The van der Waals surface area contributed by atoms with Crippen molar-refractivity contribution in [2.45, 2.75) is 59.6 Å². The Morgan fingerprint density at radius 3 is 2.61 bits per heavy atom. The molecule has 1 atom stereocenters. The quantitative estimate of drug-likeness (QED) is 0.838. The number of amides is 1. The SMILES string of the molecule is CCc1cc(N2CCN(C(=O)OC(C)(C)C)C[C@H]2C)nc(C)n1. The van der Waals surface area contributed by atoms with Gasteiger partial charge in [-0.2, -0.15) is 0 Å². The predicted octanol–water partition coefficient (Wildman–Crippen LogP) is 2.79. The summed E-state index contributed by atoms with van der Waals surface area (Å²) in [7, 11) is 0. The number of aryl methyl sites for hydroxylation is 2. The number of aromatic nitrogens is 2. The van der Waals surface area contributed by atoms with Gasteiger partial charge in [0, 0.05) is 37.4 Å². The van der Waals surface area contributed by atoms with Crippen molar-refractivity contribution in [2.75, 3.05) is 24.5 Å². The summed E-state index contributed by atoms with van der Waals surface area (Å²) in [4.78, 5) is 25.2. The Hall–Kier alpha value is -1.85. The summed E-state index contributed by atoms with van der Waals surface area (Å²) in [5.41, 5.74) is 0.589. The molecule has 1 aromatic rings. The smallest absolute Gasteiger partial charge is 0.410 e. The van der Waals surface area contributed by atoms with Crippen molar-refractivity contribution < 1.29 is 9.53 Å². The van der Waals surface area contributed by atoms with Crippen LogP contribution in [0.3, 0.4) is 0 Å². The topological polar surface area (TPSA) is 58.6 Å². The van der Waals surface area contributed by atoms with Gasteiger partial charge >= 0.3 is 6.09 Å². The maximum atomic E-state index is 12.2. The second-order valence-corrected chi connectivity index (χ2v) is 7.09. The van der Waals surface area contributed by atoms with Crippen LogP contribution < -0.4 is 4.90 Å². The maximum Gasteiger partial charge on any atom is 0.410 e. The average molecular weight is 320 g/mol. The Morgan fingerprint density at radius 1 is 1.35 bits per heavy atom. The molecule has 1 aliphatic rings. The molecule has 0 unspecified atom stereocenters. The molecule has 23 heavy (non-hydrogen) atoms. The first kappa shape index (κ1) is 17.5. The van der Waals surface area contributed by atoms with Gasteiger partial charge in [-0.15, -0.1) is 0 Å². The maximum absolute atomic E-state index is 12.2. The number of carbonyl (C=O) groups is 1. The normalized spacial score (nSPS) is 19.0. The average Bonchev–Trinajstić information content (AvgIpc) is 2.44. The second-order valence-electron chi connectivity index (χ2n) is 7.09. The molecule has 1 aromatic heterocycles. The van der Waals surface area contributed by atoms with Crippen LogP contribution in [0, 0.1) is 6.92 Å². The molecule has 0 spiro atoms. The summed E-state index contributed by atoms with van der Waals surface area (Å²) in [6, 6.07) is 2.24. The van der Waals surface area contributed by atoms with E-state index in [0.29, 0.717) is 13.1 Å². The van der Waals surface area contributed by atoms with Crippen molar-refractivity contribution in [1.82, 2.24) is 14.9 Å². The van der Waals surface area contributed by atoms with Gasteiger partial charge in [0.05, 0.1) is 0 Å². The van der Waals surface area contributed by atoms with Crippen molar-refractivity contribution in [3.8, 4) is 0 Å². The zero-order valence-corrected chi connectivity index (χ0v) is 15.1. The van der Waals surface area contributed by atoms with Crippen molar-refractivity contribution in [3.63, 3.8) is 0 Å². The minimum atomic E-state index is -0.461. The molecule has 1 amide bonds. The van der Waals surface area contributed by atoms with Gasteiger partial charge in [0.25, 0.3) is 0 Å². The van der Waals surface area contributed by atoms with E-state index in [-0.39, 0.29) is 12.1 Å². The number of ether oxygens (including phenoxy) is 1. The van der Waals surface area contributed by atoms with Crippen LogP contribution in [-0.2, 0) is 11.2 Å². The molecule has 2 heterocycles. The molecular formula is C17H28N4O2. The zero-order valence-electron chi connectivity index (χ0n) is 15.1. The number of anilines is 1. The molecule has 0 aromatic carbocycles. The van der Waals surface area contributed by atoms with E-state index in [0.717, 1.165) is 30.3 Å². The van der Waals surface area contributed by atoms with Gasteiger partial charge in [-0.3, -0.25) is 0 Å². The van der Waals surface area contributed by atoms with E-state index in [2.05, 4.69) is 28.7 Å². The van der Waals surface area contributed by atoms with E-state index in [4.69, 9.17) is 4.74 Å². The highest BCUT2D eigenvalue weighted by molar-refractivity contribution is 5.68. The van der Waals surface area contributed by atoms with E-state index in [1.807, 2.05) is 33.8 Å². The van der Waals surface area contributed by atoms with Crippen LogP contribution in [0.25, 0.3) is 0 Å². The van der Waals surface area contributed by atoms with E-state index >= 15 is 0 Å². The molecular weight excluding hydrogens is 292 g/mol. The third kappa shape index (κ3) is 4.56. The van der Waals surface area contributed by atoms with Gasteiger partial charge < -0.3 is 14.5 Å². The zero-order chi connectivity index (χ0) is 17.2.